The van der Waals surface area contributed by atoms with Crippen molar-refractivity contribution in [1.82, 2.24) is 14.8 Å². The highest BCUT2D eigenvalue weighted by atomic mass is 32.2. The van der Waals surface area contributed by atoms with Gasteiger partial charge in [-0.15, -0.1) is 10.2 Å². The fourth-order valence-electron chi connectivity index (χ4n) is 2.87. The second-order valence-electron chi connectivity index (χ2n) is 6.89. The molecule has 0 spiro atoms. The lowest BCUT2D eigenvalue weighted by molar-refractivity contribution is -0.115. The normalized spacial score (nSPS) is 11.8. The van der Waals surface area contributed by atoms with E-state index in [4.69, 9.17) is 9.15 Å². The van der Waals surface area contributed by atoms with Gasteiger partial charge in [0.1, 0.15) is 12.4 Å². The number of nitrogens with one attached hydrogen (secondary N) is 1. The molecule has 0 aliphatic heterocycles. The summed E-state index contributed by atoms with van der Waals surface area (Å²) in [6.07, 6.45) is 1.59. The number of rotatable bonds is 8. The highest BCUT2D eigenvalue weighted by molar-refractivity contribution is 8.00. The predicted molar refractivity (Wildman–Crippen MR) is 120 cm³/mol. The molecule has 2 aromatic carbocycles. The van der Waals surface area contributed by atoms with Crippen LogP contribution in [0.15, 0.2) is 82.6 Å². The molecular weight excluding hydrogens is 412 g/mol. The van der Waals surface area contributed by atoms with Crippen LogP contribution >= 0.6 is 11.8 Å². The Kier molecular flexibility index (Phi) is 6.37. The van der Waals surface area contributed by atoms with Crippen LogP contribution in [0.1, 0.15) is 12.5 Å². The summed E-state index contributed by atoms with van der Waals surface area (Å²) in [7, 11) is 1.85. The number of carbonyl (C=O) groups excluding carboxylic acids is 1. The molecule has 8 heteroatoms. The summed E-state index contributed by atoms with van der Waals surface area (Å²) >= 11 is 1.34. The molecule has 31 heavy (non-hydrogen) atoms. The molecule has 2 aromatic heterocycles. The number of thioether (sulfide) groups is 1. The number of amides is 1. The SMILES string of the molecule is CC(Sc1nnc(-c2ccco2)n1C)C(=O)Nc1ccc(OCc2ccccc2)cc1. The van der Waals surface area contributed by atoms with Crippen molar-refractivity contribution in [2.45, 2.75) is 23.9 Å². The fraction of sp³-hybridized carbons (Fsp3) is 0.174. The van der Waals surface area contributed by atoms with Crippen LogP contribution in [-0.2, 0) is 18.4 Å². The van der Waals surface area contributed by atoms with Crippen molar-refractivity contribution in [2.24, 2.45) is 7.05 Å². The number of aromatic nitrogens is 3. The molecule has 0 bridgehead atoms. The zero-order valence-corrected chi connectivity index (χ0v) is 18.0. The molecule has 2 heterocycles. The van der Waals surface area contributed by atoms with Gasteiger partial charge in [-0.25, -0.2) is 0 Å². The second-order valence-corrected chi connectivity index (χ2v) is 8.20. The molecule has 1 amide bonds. The molecule has 0 aliphatic rings. The summed E-state index contributed by atoms with van der Waals surface area (Å²) in [6.45, 7) is 2.33. The summed E-state index contributed by atoms with van der Waals surface area (Å²) < 4.78 is 13.0. The Bertz CT molecular complexity index is 1130. The quantitative estimate of drug-likeness (QED) is 0.402. The van der Waals surface area contributed by atoms with Crippen LogP contribution < -0.4 is 10.1 Å². The van der Waals surface area contributed by atoms with Crippen LogP contribution in [-0.4, -0.2) is 25.9 Å². The summed E-state index contributed by atoms with van der Waals surface area (Å²) in [5.74, 6) is 1.87. The highest BCUT2D eigenvalue weighted by Gasteiger charge is 2.20. The van der Waals surface area contributed by atoms with Gasteiger partial charge in [-0.3, -0.25) is 4.79 Å². The average molecular weight is 435 g/mol. The van der Waals surface area contributed by atoms with E-state index in [0.29, 0.717) is 29.0 Å². The van der Waals surface area contributed by atoms with Crippen molar-refractivity contribution < 1.29 is 13.9 Å². The van der Waals surface area contributed by atoms with Gasteiger partial charge in [-0.1, -0.05) is 42.1 Å². The van der Waals surface area contributed by atoms with E-state index in [1.807, 2.05) is 79.2 Å². The summed E-state index contributed by atoms with van der Waals surface area (Å²) in [5, 5.41) is 11.5. The number of ether oxygens (including phenoxy) is 1. The molecule has 1 atom stereocenters. The van der Waals surface area contributed by atoms with Crippen molar-refractivity contribution in [3.05, 3.63) is 78.6 Å². The Hall–Kier alpha value is -3.52. The van der Waals surface area contributed by atoms with Crippen LogP contribution in [0.4, 0.5) is 5.69 Å². The largest absolute Gasteiger partial charge is 0.489 e. The third kappa shape index (κ3) is 5.16. The first kappa shape index (κ1) is 20.7. The fourth-order valence-corrected chi connectivity index (χ4v) is 3.68. The van der Waals surface area contributed by atoms with Gasteiger partial charge in [-0.05, 0) is 48.9 Å². The van der Waals surface area contributed by atoms with Crippen molar-refractivity contribution in [3.63, 3.8) is 0 Å². The van der Waals surface area contributed by atoms with Crippen molar-refractivity contribution in [1.29, 1.82) is 0 Å². The van der Waals surface area contributed by atoms with Crippen LogP contribution in [0, 0.1) is 0 Å². The van der Waals surface area contributed by atoms with Gasteiger partial charge in [0.2, 0.25) is 5.91 Å². The number of carbonyl (C=O) groups is 1. The van der Waals surface area contributed by atoms with E-state index in [-0.39, 0.29) is 11.2 Å². The minimum atomic E-state index is -0.360. The molecular formula is C23H22N4O3S. The van der Waals surface area contributed by atoms with E-state index in [9.17, 15) is 4.79 Å². The van der Waals surface area contributed by atoms with Crippen molar-refractivity contribution in [3.8, 4) is 17.3 Å². The van der Waals surface area contributed by atoms with E-state index in [0.717, 1.165) is 11.3 Å². The van der Waals surface area contributed by atoms with Crippen LogP contribution in [0.5, 0.6) is 5.75 Å². The summed E-state index contributed by atoms with van der Waals surface area (Å²) in [5.41, 5.74) is 1.81. The monoisotopic (exact) mass is 434 g/mol. The molecule has 1 N–H and O–H groups in total. The smallest absolute Gasteiger partial charge is 0.237 e. The van der Waals surface area contributed by atoms with Gasteiger partial charge in [0, 0.05) is 12.7 Å². The maximum atomic E-state index is 12.6. The predicted octanol–water partition coefficient (Wildman–Crippen LogP) is 4.77. The first-order chi connectivity index (χ1) is 15.1. The molecule has 4 aromatic rings. The first-order valence-electron chi connectivity index (χ1n) is 9.78. The van der Waals surface area contributed by atoms with Gasteiger partial charge in [0.25, 0.3) is 0 Å². The molecule has 158 valence electrons. The Balaban J connectivity index is 1.32. The maximum Gasteiger partial charge on any atom is 0.237 e. The summed E-state index contributed by atoms with van der Waals surface area (Å²) in [6, 6.07) is 20.9. The molecule has 0 fully saturated rings. The van der Waals surface area contributed by atoms with Gasteiger partial charge < -0.3 is 19.0 Å². The molecule has 0 saturated carbocycles. The van der Waals surface area contributed by atoms with Crippen LogP contribution in [0.25, 0.3) is 11.6 Å². The minimum absolute atomic E-state index is 0.120. The van der Waals surface area contributed by atoms with E-state index < -0.39 is 0 Å². The Morgan fingerprint density at radius 3 is 2.58 bits per heavy atom. The lowest BCUT2D eigenvalue weighted by Gasteiger charge is -2.12. The number of hydrogen-bond acceptors (Lipinski definition) is 6. The Morgan fingerprint density at radius 2 is 1.87 bits per heavy atom. The second kappa shape index (κ2) is 9.53. The van der Waals surface area contributed by atoms with E-state index in [1.165, 1.54) is 11.8 Å². The third-order valence-corrected chi connectivity index (χ3v) is 5.73. The van der Waals surface area contributed by atoms with Crippen molar-refractivity contribution >= 4 is 23.4 Å². The first-order valence-corrected chi connectivity index (χ1v) is 10.7. The van der Waals surface area contributed by atoms with Gasteiger partial charge in [0.05, 0.1) is 11.5 Å². The van der Waals surface area contributed by atoms with Crippen LogP contribution in [0.2, 0.25) is 0 Å². The van der Waals surface area contributed by atoms with Crippen molar-refractivity contribution in [2.75, 3.05) is 5.32 Å². The number of furan rings is 1. The van der Waals surface area contributed by atoms with Gasteiger partial charge in [-0.2, -0.15) is 0 Å². The number of benzene rings is 2. The zero-order valence-electron chi connectivity index (χ0n) is 17.2. The van der Waals surface area contributed by atoms with Crippen LogP contribution in [0.3, 0.4) is 0 Å². The number of anilines is 1. The van der Waals surface area contributed by atoms with Gasteiger partial charge in [0.15, 0.2) is 16.7 Å². The molecule has 0 saturated heterocycles. The zero-order chi connectivity index (χ0) is 21.6. The molecule has 1 unspecified atom stereocenters. The lowest BCUT2D eigenvalue weighted by atomic mass is 10.2. The molecule has 4 rings (SSSR count). The molecule has 0 aliphatic carbocycles. The lowest BCUT2D eigenvalue weighted by Crippen LogP contribution is -2.22. The number of hydrogen-bond donors (Lipinski definition) is 1. The van der Waals surface area contributed by atoms with E-state index in [1.54, 1.807) is 12.3 Å². The van der Waals surface area contributed by atoms with E-state index in [2.05, 4.69) is 15.5 Å². The Labute approximate surface area is 184 Å². The average Bonchev–Trinajstić information content (AvgIpc) is 3.44. The topological polar surface area (TPSA) is 82.2 Å². The van der Waals surface area contributed by atoms with Gasteiger partial charge >= 0.3 is 0 Å². The molecule has 7 nitrogen and oxygen atoms in total. The number of nitrogens with zero attached hydrogens (tertiary/aromatic N) is 3. The maximum absolute atomic E-state index is 12.6. The minimum Gasteiger partial charge on any atom is -0.489 e. The highest BCUT2D eigenvalue weighted by Crippen LogP contribution is 2.26. The van der Waals surface area contributed by atoms with E-state index >= 15 is 0 Å². The third-order valence-electron chi connectivity index (χ3n) is 4.60. The Morgan fingerprint density at radius 1 is 1.10 bits per heavy atom. The summed E-state index contributed by atoms with van der Waals surface area (Å²) in [4.78, 5) is 12.6. The molecule has 0 radical (unpaired) electrons. The standard InChI is InChI=1S/C23H22N4O3S/c1-16(31-23-26-25-21(27(23)2)20-9-6-14-29-20)22(28)24-18-10-12-19(13-11-18)30-15-17-7-4-3-5-8-17/h3-14,16H,15H2,1-2H3,(H,24,28).